The highest BCUT2D eigenvalue weighted by Crippen LogP contribution is 2.31. The molecule has 2 atom stereocenters. The topological polar surface area (TPSA) is 21.3 Å². The van der Waals surface area contributed by atoms with E-state index in [4.69, 9.17) is 4.74 Å². The van der Waals surface area contributed by atoms with Crippen molar-refractivity contribution < 1.29 is 4.74 Å². The van der Waals surface area contributed by atoms with Crippen molar-refractivity contribution in [3.8, 4) is 0 Å². The van der Waals surface area contributed by atoms with Crippen LogP contribution in [0.4, 0.5) is 0 Å². The molecule has 1 N–H and O–H groups in total. The molecule has 0 amide bonds. The van der Waals surface area contributed by atoms with Crippen LogP contribution in [-0.2, 0) is 4.74 Å². The first kappa shape index (κ1) is 15.7. The molecule has 2 aromatic rings. The number of methoxy groups -OCH3 is 1. The van der Waals surface area contributed by atoms with Crippen LogP contribution in [0.25, 0.3) is 0 Å². The first-order valence-electron chi connectivity index (χ1n) is 7.64. The quantitative estimate of drug-likeness (QED) is 0.812. The highest BCUT2D eigenvalue weighted by atomic mass is 16.5. The van der Waals surface area contributed by atoms with Crippen LogP contribution in [0.3, 0.4) is 0 Å². The van der Waals surface area contributed by atoms with E-state index in [1.807, 2.05) is 6.07 Å². The van der Waals surface area contributed by atoms with Crippen molar-refractivity contribution in [1.29, 1.82) is 0 Å². The lowest BCUT2D eigenvalue weighted by molar-refractivity contribution is 0.0676. The third-order valence-electron chi connectivity index (χ3n) is 3.74. The molecule has 2 rings (SSSR count). The SMILES string of the molecule is CCCNC(c1ccc(C)cc1)C(OC)c1ccccc1. The highest BCUT2D eigenvalue weighted by molar-refractivity contribution is 5.28. The lowest BCUT2D eigenvalue weighted by atomic mass is 9.95. The van der Waals surface area contributed by atoms with Gasteiger partial charge in [0, 0.05) is 7.11 Å². The van der Waals surface area contributed by atoms with Crippen LogP contribution in [0.1, 0.15) is 42.2 Å². The minimum absolute atomic E-state index is 0.0143. The highest BCUT2D eigenvalue weighted by Gasteiger charge is 2.23. The lowest BCUT2D eigenvalue weighted by Crippen LogP contribution is -2.29. The van der Waals surface area contributed by atoms with Gasteiger partial charge in [0.05, 0.1) is 6.04 Å². The smallest absolute Gasteiger partial charge is 0.102 e. The van der Waals surface area contributed by atoms with E-state index in [0.29, 0.717) is 0 Å². The molecule has 0 aliphatic carbocycles. The Kier molecular flexibility index (Phi) is 5.97. The Labute approximate surface area is 128 Å². The van der Waals surface area contributed by atoms with Crippen LogP contribution in [-0.4, -0.2) is 13.7 Å². The van der Waals surface area contributed by atoms with Crippen molar-refractivity contribution in [3.63, 3.8) is 0 Å². The molecule has 112 valence electrons. The largest absolute Gasteiger partial charge is 0.375 e. The maximum atomic E-state index is 5.82. The molecule has 2 unspecified atom stereocenters. The lowest BCUT2D eigenvalue weighted by Gasteiger charge is -2.28. The zero-order chi connectivity index (χ0) is 15.1. The van der Waals surface area contributed by atoms with E-state index < -0.39 is 0 Å². The van der Waals surface area contributed by atoms with Gasteiger partial charge in [-0.15, -0.1) is 0 Å². The number of rotatable bonds is 7. The summed E-state index contributed by atoms with van der Waals surface area (Å²) >= 11 is 0. The zero-order valence-corrected chi connectivity index (χ0v) is 13.2. The van der Waals surface area contributed by atoms with Crippen molar-refractivity contribution in [2.45, 2.75) is 32.4 Å². The minimum Gasteiger partial charge on any atom is -0.375 e. The van der Waals surface area contributed by atoms with Gasteiger partial charge in [0.1, 0.15) is 6.10 Å². The van der Waals surface area contributed by atoms with E-state index >= 15 is 0 Å². The number of hydrogen-bond donors (Lipinski definition) is 1. The van der Waals surface area contributed by atoms with Gasteiger partial charge in [-0.3, -0.25) is 0 Å². The minimum atomic E-state index is 0.0143. The van der Waals surface area contributed by atoms with E-state index in [1.54, 1.807) is 7.11 Å². The molecule has 0 saturated carbocycles. The third-order valence-corrected chi connectivity index (χ3v) is 3.74. The third kappa shape index (κ3) is 4.16. The molecule has 0 heterocycles. The van der Waals surface area contributed by atoms with Gasteiger partial charge >= 0.3 is 0 Å². The Morgan fingerprint density at radius 3 is 2.19 bits per heavy atom. The van der Waals surface area contributed by atoms with Gasteiger partial charge in [0.15, 0.2) is 0 Å². The summed E-state index contributed by atoms with van der Waals surface area (Å²) in [7, 11) is 1.78. The monoisotopic (exact) mass is 283 g/mol. The Hall–Kier alpha value is -1.64. The first-order chi connectivity index (χ1) is 10.3. The van der Waals surface area contributed by atoms with E-state index in [1.165, 1.54) is 16.7 Å². The number of benzene rings is 2. The second kappa shape index (κ2) is 7.96. The zero-order valence-electron chi connectivity index (χ0n) is 13.2. The molecule has 0 radical (unpaired) electrons. The molecule has 0 spiro atoms. The molecule has 2 heteroatoms. The second-order valence-electron chi connectivity index (χ2n) is 5.41. The fraction of sp³-hybridized carbons (Fsp3) is 0.368. The van der Waals surface area contributed by atoms with Crippen LogP contribution in [0, 0.1) is 6.92 Å². The van der Waals surface area contributed by atoms with Gasteiger partial charge in [-0.25, -0.2) is 0 Å². The molecule has 0 aliphatic heterocycles. The number of hydrogen-bond acceptors (Lipinski definition) is 2. The molecule has 0 aliphatic rings. The summed E-state index contributed by atoms with van der Waals surface area (Å²) < 4.78 is 5.82. The van der Waals surface area contributed by atoms with E-state index in [9.17, 15) is 0 Å². The molecule has 0 fully saturated rings. The van der Waals surface area contributed by atoms with Gasteiger partial charge in [-0.1, -0.05) is 67.1 Å². The van der Waals surface area contributed by atoms with Gasteiger partial charge in [0.25, 0.3) is 0 Å². The van der Waals surface area contributed by atoms with Crippen molar-refractivity contribution in [1.82, 2.24) is 5.32 Å². The number of nitrogens with one attached hydrogen (secondary N) is 1. The van der Waals surface area contributed by atoms with Gasteiger partial charge in [-0.05, 0) is 31.0 Å². The molecule has 0 saturated heterocycles. The summed E-state index contributed by atoms with van der Waals surface area (Å²) in [6.07, 6.45) is 1.12. The predicted octanol–water partition coefficient (Wildman–Crippen LogP) is 4.42. The maximum absolute atomic E-state index is 5.82. The normalized spacial score (nSPS) is 13.9. The van der Waals surface area contributed by atoms with Crippen LogP contribution >= 0.6 is 0 Å². The van der Waals surface area contributed by atoms with Crippen LogP contribution in [0.5, 0.6) is 0 Å². The van der Waals surface area contributed by atoms with Gasteiger partial charge < -0.3 is 10.1 Å². The van der Waals surface area contributed by atoms with Gasteiger partial charge in [0.2, 0.25) is 0 Å². The van der Waals surface area contributed by atoms with Gasteiger partial charge in [-0.2, -0.15) is 0 Å². The predicted molar refractivity (Wildman–Crippen MR) is 88.4 cm³/mol. The fourth-order valence-corrected chi connectivity index (χ4v) is 2.58. The first-order valence-corrected chi connectivity index (χ1v) is 7.64. The summed E-state index contributed by atoms with van der Waals surface area (Å²) in [5, 5.41) is 3.63. The number of aryl methyl sites for hydroxylation is 1. The molecule has 2 nitrogen and oxygen atoms in total. The summed E-state index contributed by atoms with van der Waals surface area (Å²) in [6.45, 7) is 5.28. The van der Waals surface area contributed by atoms with Crippen molar-refractivity contribution in [2.24, 2.45) is 0 Å². The van der Waals surface area contributed by atoms with Crippen molar-refractivity contribution in [2.75, 3.05) is 13.7 Å². The molecule has 0 bridgehead atoms. The average molecular weight is 283 g/mol. The second-order valence-corrected chi connectivity index (χ2v) is 5.41. The standard InChI is InChI=1S/C19H25NO/c1-4-14-20-18(16-12-10-15(2)11-13-16)19(21-3)17-8-6-5-7-9-17/h5-13,18-20H,4,14H2,1-3H3. The van der Waals surface area contributed by atoms with E-state index in [2.05, 4.69) is 67.7 Å². The summed E-state index contributed by atoms with van der Waals surface area (Å²) in [5.74, 6) is 0. The average Bonchev–Trinajstić information content (AvgIpc) is 2.53. The molecule has 2 aromatic carbocycles. The maximum Gasteiger partial charge on any atom is 0.102 e. The summed E-state index contributed by atoms with van der Waals surface area (Å²) in [6, 6.07) is 19.3. The molecular weight excluding hydrogens is 258 g/mol. The summed E-state index contributed by atoms with van der Waals surface area (Å²) in [5.41, 5.74) is 3.75. The summed E-state index contributed by atoms with van der Waals surface area (Å²) in [4.78, 5) is 0. The Morgan fingerprint density at radius 2 is 1.62 bits per heavy atom. The Balaban J connectivity index is 2.31. The van der Waals surface area contributed by atoms with Crippen LogP contribution in [0.15, 0.2) is 54.6 Å². The van der Waals surface area contributed by atoms with Crippen LogP contribution in [0.2, 0.25) is 0 Å². The number of ether oxygens (including phenoxy) is 1. The Morgan fingerprint density at radius 1 is 0.952 bits per heavy atom. The van der Waals surface area contributed by atoms with Crippen molar-refractivity contribution >= 4 is 0 Å². The van der Waals surface area contributed by atoms with Crippen LogP contribution < -0.4 is 5.32 Å². The Bertz CT molecular complexity index is 521. The van der Waals surface area contributed by atoms with E-state index in [-0.39, 0.29) is 12.1 Å². The molecule has 0 aromatic heterocycles. The van der Waals surface area contributed by atoms with Crippen molar-refractivity contribution in [3.05, 3.63) is 71.3 Å². The fourth-order valence-electron chi connectivity index (χ4n) is 2.58. The molecule has 21 heavy (non-hydrogen) atoms. The molecular formula is C19H25NO. The van der Waals surface area contributed by atoms with E-state index in [0.717, 1.165) is 13.0 Å².